The highest BCUT2D eigenvalue weighted by molar-refractivity contribution is 5.54. The molecular weight excluding hydrogens is 328 g/mol. The van der Waals surface area contributed by atoms with E-state index in [-0.39, 0.29) is 6.10 Å². The van der Waals surface area contributed by atoms with Crippen LogP contribution in [0.15, 0.2) is 47.1 Å². The second-order valence-electron chi connectivity index (χ2n) is 7.07. The molecule has 1 aliphatic carbocycles. The zero-order valence-corrected chi connectivity index (χ0v) is 14.6. The van der Waals surface area contributed by atoms with Crippen molar-refractivity contribution in [3.05, 3.63) is 54.0 Å². The second kappa shape index (κ2) is 6.12. The summed E-state index contributed by atoms with van der Waals surface area (Å²) in [6.07, 6.45) is 5.20. The lowest BCUT2D eigenvalue weighted by atomic mass is 10.1. The fourth-order valence-corrected chi connectivity index (χ4v) is 3.35. The van der Waals surface area contributed by atoms with Crippen LogP contribution in [0, 0.1) is 0 Å². The number of benzene rings is 1. The van der Waals surface area contributed by atoms with Gasteiger partial charge in [0.1, 0.15) is 17.7 Å². The van der Waals surface area contributed by atoms with E-state index < -0.39 is 0 Å². The van der Waals surface area contributed by atoms with Gasteiger partial charge in [0.05, 0.1) is 12.1 Å². The van der Waals surface area contributed by atoms with Gasteiger partial charge in [-0.05, 0) is 36.6 Å². The number of anilines is 1. The molecule has 0 N–H and O–H groups in total. The minimum absolute atomic E-state index is 0.149. The van der Waals surface area contributed by atoms with Crippen molar-refractivity contribution < 1.29 is 9.26 Å². The summed E-state index contributed by atoms with van der Waals surface area (Å²) >= 11 is 0. The highest BCUT2D eigenvalue weighted by atomic mass is 16.5. The van der Waals surface area contributed by atoms with E-state index in [0.29, 0.717) is 11.8 Å². The number of fused-ring (bicyclic) bond motifs is 1. The van der Waals surface area contributed by atoms with Crippen LogP contribution in [0.4, 0.5) is 5.82 Å². The molecule has 1 aromatic carbocycles. The summed E-state index contributed by atoms with van der Waals surface area (Å²) in [5.41, 5.74) is 2.13. The van der Waals surface area contributed by atoms with Crippen LogP contribution in [-0.2, 0) is 6.42 Å². The summed E-state index contributed by atoms with van der Waals surface area (Å²) in [4.78, 5) is 11.1. The van der Waals surface area contributed by atoms with Crippen LogP contribution in [-0.4, -0.2) is 34.8 Å². The molecule has 6 nitrogen and oxygen atoms in total. The van der Waals surface area contributed by atoms with Crippen molar-refractivity contribution in [2.75, 3.05) is 18.5 Å². The number of hydrogen-bond donors (Lipinski definition) is 0. The van der Waals surface area contributed by atoms with Crippen molar-refractivity contribution in [3.8, 4) is 17.2 Å². The van der Waals surface area contributed by atoms with E-state index in [4.69, 9.17) is 9.26 Å². The van der Waals surface area contributed by atoms with Crippen molar-refractivity contribution in [2.45, 2.75) is 31.3 Å². The molecule has 1 fully saturated rings. The molecule has 6 heteroatoms. The molecule has 3 aromatic rings. The number of pyridine rings is 1. The van der Waals surface area contributed by atoms with Gasteiger partial charge in [-0.1, -0.05) is 23.4 Å². The Bertz CT molecular complexity index is 893. The van der Waals surface area contributed by atoms with Gasteiger partial charge in [0.15, 0.2) is 5.82 Å². The number of rotatable bonds is 5. The number of hydrogen-bond acceptors (Lipinski definition) is 6. The Morgan fingerprint density at radius 1 is 1.15 bits per heavy atom. The first-order valence-electron chi connectivity index (χ1n) is 9.02. The quantitative estimate of drug-likeness (QED) is 0.704. The van der Waals surface area contributed by atoms with E-state index in [0.717, 1.165) is 48.8 Å². The molecule has 1 aliphatic heterocycles. The summed E-state index contributed by atoms with van der Waals surface area (Å²) in [6.45, 7) is 0.785. The molecule has 0 radical (unpaired) electrons. The monoisotopic (exact) mass is 348 g/mol. The maximum atomic E-state index is 6.02. The van der Waals surface area contributed by atoms with Crippen molar-refractivity contribution >= 4 is 5.82 Å². The van der Waals surface area contributed by atoms with Gasteiger partial charge in [0.2, 0.25) is 0 Å². The van der Waals surface area contributed by atoms with Gasteiger partial charge >= 0.3 is 0 Å². The molecule has 3 heterocycles. The lowest BCUT2D eigenvalue weighted by molar-refractivity contribution is 0.239. The van der Waals surface area contributed by atoms with E-state index >= 15 is 0 Å². The fraction of sp³-hybridized carbons (Fsp3) is 0.350. The van der Waals surface area contributed by atoms with Crippen LogP contribution < -0.4 is 9.64 Å². The van der Waals surface area contributed by atoms with Crippen molar-refractivity contribution in [3.63, 3.8) is 0 Å². The molecule has 0 saturated heterocycles. The molecule has 0 bridgehead atoms. The molecule has 132 valence electrons. The molecule has 0 spiro atoms. The molecule has 2 aromatic heterocycles. The SMILES string of the molecule is CN(C[C@H]1Cc2ccccc2O1)c1ccc(-c2nc(C3CC3)no2)cn1. The van der Waals surface area contributed by atoms with Gasteiger partial charge < -0.3 is 14.2 Å². The Balaban J connectivity index is 1.25. The van der Waals surface area contributed by atoms with Crippen molar-refractivity contribution in [1.29, 1.82) is 0 Å². The van der Waals surface area contributed by atoms with E-state index in [9.17, 15) is 0 Å². The normalized spacial score (nSPS) is 18.4. The Morgan fingerprint density at radius 3 is 2.81 bits per heavy atom. The Morgan fingerprint density at radius 2 is 2.04 bits per heavy atom. The summed E-state index contributed by atoms with van der Waals surface area (Å²) < 4.78 is 11.4. The first kappa shape index (κ1) is 15.4. The minimum Gasteiger partial charge on any atom is -0.488 e. The minimum atomic E-state index is 0.149. The topological polar surface area (TPSA) is 64.3 Å². The number of ether oxygens (including phenoxy) is 1. The molecule has 26 heavy (non-hydrogen) atoms. The maximum Gasteiger partial charge on any atom is 0.259 e. The van der Waals surface area contributed by atoms with Crippen LogP contribution in [0.5, 0.6) is 5.75 Å². The lowest BCUT2D eigenvalue weighted by Crippen LogP contribution is -2.32. The number of nitrogens with zero attached hydrogens (tertiary/aromatic N) is 4. The fourth-order valence-electron chi connectivity index (χ4n) is 3.35. The number of aromatic nitrogens is 3. The number of para-hydroxylation sites is 1. The maximum absolute atomic E-state index is 6.02. The molecular formula is C20H20N4O2. The average molecular weight is 348 g/mol. The largest absolute Gasteiger partial charge is 0.488 e. The zero-order valence-electron chi connectivity index (χ0n) is 14.6. The lowest BCUT2D eigenvalue weighted by Gasteiger charge is -2.22. The zero-order chi connectivity index (χ0) is 17.5. The van der Waals surface area contributed by atoms with Gasteiger partial charge in [-0.25, -0.2) is 4.98 Å². The van der Waals surface area contributed by atoms with Gasteiger partial charge in [-0.15, -0.1) is 0 Å². The van der Waals surface area contributed by atoms with E-state index in [1.54, 1.807) is 6.20 Å². The summed E-state index contributed by atoms with van der Waals surface area (Å²) in [6, 6.07) is 12.2. The van der Waals surface area contributed by atoms with Crippen LogP contribution in [0.3, 0.4) is 0 Å². The van der Waals surface area contributed by atoms with Crippen molar-refractivity contribution in [2.24, 2.45) is 0 Å². The van der Waals surface area contributed by atoms with Crippen LogP contribution in [0.2, 0.25) is 0 Å². The Kier molecular flexibility index (Phi) is 3.62. The molecule has 0 unspecified atom stereocenters. The third-order valence-electron chi connectivity index (χ3n) is 4.96. The highest BCUT2D eigenvalue weighted by Gasteiger charge is 2.29. The van der Waals surface area contributed by atoms with E-state index in [1.807, 2.05) is 31.3 Å². The van der Waals surface area contributed by atoms with Crippen LogP contribution >= 0.6 is 0 Å². The summed E-state index contributed by atoms with van der Waals surface area (Å²) in [7, 11) is 2.03. The van der Waals surface area contributed by atoms with Crippen LogP contribution in [0.25, 0.3) is 11.5 Å². The third-order valence-corrected chi connectivity index (χ3v) is 4.96. The third kappa shape index (κ3) is 2.92. The highest BCUT2D eigenvalue weighted by Crippen LogP contribution is 2.38. The van der Waals surface area contributed by atoms with Gasteiger partial charge in [-0.2, -0.15) is 4.98 Å². The molecule has 1 saturated carbocycles. The number of likely N-dealkylation sites (N-methyl/N-ethyl adjacent to an activating group) is 1. The summed E-state index contributed by atoms with van der Waals surface area (Å²) in [5.74, 6) is 3.75. The standard InChI is InChI=1S/C20H20N4O2/c1-24(12-16-10-14-4-2-3-5-17(14)25-16)18-9-8-15(11-21-18)20-22-19(23-26-20)13-6-7-13/h2-5,8-9,11,13,16H,6-7,10,12H2,1H3/t16-/m1/s1. The average Bonchev–Trinajstić information content (AvgIpc) is 3.25. The van der Waals surface area contributed by atoms with Gasteiger partial charge in [0.25, 0.3) is 5.89 Å². The molecule has 2 aliphatic rings. The smallest absolute Gasteiger partial charge is 0.259 e. The first-order valence-corrected chi connectivity index (χ1v) is 9.02. The molecule has 0 amide bonds. The predicted molar refractivity (Wildman–Crippen MR) is 97.3 cm³/mol. The molecule has 1 atom stereocenters. The van der Waals surface area contributed by atoms with Gasteiger partial charge in [-0.3, -0.25) is 0 Å². The Labute approximate surface area is 151 Å². The van der Waals surface area contributed by atoms with Gasteiger partial charge in [0, 0.05) is 25.6 Å². The first-order chi connectivity index (χ1) is 12.8. The molecule has 5 rings (SSSR count). The Hall–Kier alpha value is -2.89. The predicted octanol–water partition coefficient (Wildman–Crippen LogP) is 3.45. The van der Waals surface area contributed by atoms with E-state index in [1.165, 1.54) is 5.56 Å². The van der Waals surface area contributed by atoms with E-state index in [2.05, 4.69) is 32.2 Å². The van der Waals surface area contributed by atoms with Crippen molar-refractivity contribution in [1.82, 2.24) is 15.1 Å². The van der Waals surface area contributed by atoms with Crippen LogP contribution in [0.1, 0.15) is 30.1 Å². The second-order valence-corrected chi connectivity index (χ2v) is 7.07. The summed E-state index contributed by atoms with van der Waals surface area (Å²) in [5, 5.41) is 4.06.